The second-order valence-corrected chi connectivity index (χ2v) is 6.60. The number of H-pyrrole nitrogens is 1. The van der Waals surface area contributed by atoms with E-state index in [9.17, 15) is 14.7 Å². The Hall–Kier alpha value is -1.62. The maximum atomic E-state index is 12.8. The normalized spacial score (nSPS) is 22.5. The van der Waals surface area contributed by atoms with E-state index >= 15 is 0 Å². The van der Waals surface area contributed by atoms with Crippen LogP contribution < -0.4 is 5.56 Å². The number of aliphatic hydroxyl groups is 1. The Bertz CT molecular complexity index is 621. The van der Waals surface area contributed by atoms with Crippen LogP contribution in [0.25, 0.3) is 0 Å². The van der Waals surface area contributed by atoms with E-state index in [0.29, 0.717) is 13.0 Å². The van der Waals surface area contributed by atoms with Crippen molar-refractivity contribution in [2.24, 2.45) is 0 Å². The number of pyridine rings is 1. The van der Waals surface area contributed by atoms with Gasteiger partial charge in [-0.25, -0.2) is 0 Å². The highest BCUT2D eigenvalue weighted by atomic mass is 16.3. The topological polar surface area (TPSA) is 73.4 Å². The molecule has 0 spiro atoms. The van der Waals surface area contributed by atoms with Gasteiger partial charge in [-0.15, -0.1) is 0 Å². The quantitative estimate of drug-likeness (QED) is 0.891. The number of nitrogens with zero attached hydrogens (tertiary/aromatic N) is 1. The molecule has 1 fully saturated rings. The number of aromatic amines is 1. The van der Waals surface area contributed by atoms with E-state index in [-0.39, 0.29) is 23.1 Å². The highest BCUT2D eigenvalue weighted by molar-refractivity contribution is 5.94. The Labute approximate surface area is 130 Å². The largest absolute Gasteiger partial charge is 0.393 e. The summed E-state index contributed by atoms with van der Waals surface area (Å²) in [6, 6.07) is 1.84. The fourth-order valence-corrected chi connectivity index (χ4v) is 3.73. The zero-order valence-corrected chi connectivity index (χ0v) is 13.1. The summed E-state index contributed by atoms with van der Waals surface area (Å²) < 4.78 is 0. The van der Waals surface area contributed by atoms with Crippen LogP contribution >= 0.6 is 0 Å². The molecule has 2 heterocycles. The van der Waals surface area contributed by atoms with Gasteiger partial charge in [-0.3, -0.25) is 9.59 Å². The smallest absolute Gasteiger partial charge is 0.261 e. The van der Waals surface area contributed by atoms with Gasteiger partial charge in [-0.2, -0.15) is 0 Å². The van der Waals surface area contributed by atoms with Crippen molar-refractivity contribution in [1.82, 2.24) is 9.88 Å². The first-order valence-corrected chi connectivity index (χ1v) is 8.30. The average Bonchev–Trinajstić information content (AvgIpc) is 2.93. The molecular formula is C17H24N2O3. The third-order valence-corrected chi connectivity index (χ3v) is 4.82. The number of nitrogens with one attached hydrogen (secondary N) is 1. The van der Waals surface area contributed by atoms with Gasteiger partial charge in [0.2, 0.25) is 0 Å². The Morgan fingerprint density at radius 3 is 2.95 bits per heavy atom. The fraction of sp³-hybridized carbons (Fsp3) is 0.647. The van der Waals surface area contributed by atoms with Gasteiger partial charge >= 0.3 is 0 Å². The molecule has 1 aliphatic heterocycles. The standard InChI is InChI=1S/C17H24N2O3/c1-11(20)9-13-6-4-8-19(13)17(22)14-10-12-5-2-3-7-15(12)18-16(14)21/h10-11,13,20H,2-9H2,1H3,(H,18,21). The van der Waals surface area contributed by atoms with Crippen LogP contribution in [0.15, 0.2) is 10.9 Å². The number of hydrogen-bond acceptors (Lipinski definition) is 3. The van der Waals surface area contributed by atoms with Crippen molar-refractivity contribution in [3.05, 3.63) is 33.2 Å². The van der Waals surface area contributed by atoms with Crippen molar-refractivity contribution in [3.8, 4) is 0 Å². The number of likely N-dealkylation sites (tertiary alicyclic amines) is 1. The van der Waals surface area contributed by atoms with E-state index in [1.807, 2.05) is 0 Å². The minimum absolute atomic E-state index is 0.0444. The Morgan fingerprint density at radius 1 is 1.41 bits per heavy atom. The molecule has 1 amide bonds. The van der Waals surface area contributed by atoms with Gasteiger partial charge in [-0.05, 0) is 63.5 Å². The first kappa shape index (κ1) is 15.3. The number of aromatic nitrogens is 1. The number of aryl methyl sites for hydroxylation is 2. The van der Waals surface area contributed by atoms with Crippen LogP contribution in [0.5, 0.6) is 0 Å². The predicted octanol–water partition coefficient (Wildman–Crippen LogP) is 1.63. The number of fused-ring (bicyclic) bond motifs is 1. The summed E-state index contributed by atoms with van der Waals surface area (Å²) in [6.07, 6.45) is 6.02. The van der Waals surface area contributed by atoms with Gasteiger partial charge in [0.25, 0.3) is 11.5 Å². The van der Waals surface area contributed by atoms with Crippen molar-refractivity contribution in [3.63, 3.8) is 0 Å². The molecule has 1 saturated heterocycles. The van der Waals surface area contributed by atoms with E-state index in [1.165, 1.54) is 0 Å². The molecule has 1 aromatic rings. The summed E-state index contributed by atoms with van der Waals surface area (Å²) in [5.74, 6) is -0.183. The number of amides is 1. The van der Waals surface area contributed by atoms with Gasteiger partial charge in [0.05, 0.1) is 6.10 Å². The van der Waals surface area contributed by atoms with E-state index in [0.717, 1.165) is 49.8 Å². The summed E-state index contributed by atoms with van der Waals surface area (Å²) >= 11 is 0. The van der Waals surface area contributed by atoms with E-state index in [1.54, 1.807) is 17.9 Å². The summed E-state index contributed by atoms with van der Waals surface area (Å²) in [5, 5.41) is 9.59. The highest BCUT2D eigenvalue weighted by Gasteiger charge is 2.31. The second kappa shape index (κ2) is 6.24. The molecule has 3 rings (SSSR count). The zero-order valence-electron chi connectivity index (χ0n) is 13.1. The SMILES string of the molecule is CC(O)CC1CCCN1C(=O)c1cc2c([nH]c1=O)CCCC2. The summed E-state index contributed by atoms with van der Waals surface area (Å²) in [5.41, 5.74) is 2.10. The van der Waals surface area contributed by atoms with Crippen molar-refractivity contribution in [1.29, 1.82) is 0 Å². The molecule has 1 aromatic heterocycles. The molecule has 2 N–H and O–H groups in total. The average molecular weight is 304 g/mol. The molecule has 0 aromatic carbocycles. The first-order chi connectivity index (χ1) is 10.6. The molecular weight excluding hydrogens is 280 g/mol. The van der Waals surface area contributed by atoms with Gasteiger partial charge in [0.15, 0.2) is 0 Å². The summed E-state index contributed by atoms with van der Waals surface area (Å²) in [7, 11) is 0. The first-order valence-electron chi connectivity index (χ1n) is 8.30. The zero-order chi connectivity index (χ0) is 15.7. The van der Waals surface area contributed by atoms with Crippen LogP contribution in [0.2, 0.25) is 0 Å². The Kier molecular flexibility index (Phi) is 4.34. The van der Waals surface area contributed by atoms with Crippen LogP contribution in [0.4, 0.5) is 0 Å². The third-order valence-electron chi connectivity index (χ3n) is 4.82. The molecule has 0 bridgehead atoms. The van der Waals surface area contributed by atoms with E-state index in [4.69, 9.17) is 0 Å². The number of aliphatic hydroxyl groups excluding tert-OH is 1. The fourth-order valence-electron chi connectivity index (χ4n) is 3.73. The molecule has 1 aliphatic carbocycles. The van der Waals surface area contributed by atoms with Gasteiger partial charge < -0.3 is 15.0 Å². The van der Waals surface area contributed by atoms with Crippen LogP contribution in [0.3, 0.4) is 0 Å². The van der Waals surface area contributed by atoms with Gasteiger partial charge in [-0.1, -0.05) is 0 Å². The molecule has 2 atom stereocenters. The maximum Gasteiger partial charge on any atom is 0.261 e. The summed E-state index contributed by atoms with van der Waals surface area (Å²) in [6.45, 7) is 2.42. The van der Waals surface area contributed by atoms with Crippen molar-refractivity contribution >= 4 is 5.91 Å². The summed E-state index contributed by atoms with van der Waals surface area (Å²) in [4.78, 5) is 29.7. The molecule has 2 unspecified atom stereocenters. The lowest BCUT2D eigenvalue weighted by atomic mass is 9.94. The van der Waals surface area contributed by atoms with Crippen molar-refractivity contribution in [2.45, 2.75) is 64.0 Å². The van der Waals surface area contributed by atoms with Crippen molar-refractivity contribution < 1.29 is 9.90 Å². The van der Waals surface area contributed by atoms with Crippen LogP contribution in [-0.4, -0.2) is 39.6 Å². The van der Waals surface area contributed by atoms with E-state index < -0.39 is 6.10 Å². The van der Waals surface area contributed by atoms with Crippen LogP contribution in [0, 0.1) is 0 Å². The van der Waals surface area contributed by atoms with Gasteiger partial charge in [0.1, 0.15) is 5.56 Å². The third kappa shape index (κ3) is 2.95. The van der Waals surface area contributed by atoms with E-state index in [2.05, 4.69) is 4.98 Å². The molecule has 0 radical (unpaired) electrons. The monoisotopic (exact) mass is 304 g/mol. The predicted molar refractivity (Wildman–Crippen MR) is 84.1 cm³/mol. The minimum atomic E-state index is -0.430. The molecule has 22 heavy (non-hydrogen) atoms. The molecule has 120 valence electrons. The lowest BCUT2D eigenvalue weighted by molar-refractivity contribution is 0.0680. The Balaban J connectivity index is 1.87. The highest BCUT2D eigenvalue weighted by Crippen LogP contribution is 2.24. The lowest BCUT2D eigenvalue weighted by Gasteiger charge is -2.26. The minimum Gasteiger partial charge on any atom is -0.393 e. The second-order valence-electron chi connectivity index (χ2n) is 6.60. The van der Waals surface area contributed by atoms with Crippen LogP contribution in [0.1, 0.15) is 60.6 Å². The molecule has 2 aliphatic rings. The number of carbonyl (C=O) groups excluding carboxylic acids is 1. The van der Waals surface area contributed by atoms with Crippen molar-refractivity contribution in [2.75, 3.05) is 6.54 Å². The van der Waals surface area contributed by atoms with Crippen LogP contribution in [-0.2, 0) is 12.8 Å². The van der Waals surface area contributed by atoms with Gasteiger partial charge in [0, 0.05) is 18.3 Å². The maximum absolute atomic E-state index is 12.8. The number of hydrogen-bond donors (Lipinski definition) is 2. The molecule has 5 heteroatoms. The number of rotatable bonds is 3. The Morgan fingerprint density at radius 2 is 2.18 bits per heavy atom. The lowest BCUT2D eigenvalue weighted by Crippen LogP contribution is -2.40. The number of carbonyl (C=O) groups is 1. The molecule has 0 saturated carbocycles. The molecule has 5 nitrogen and oxygen atoms in total.